The first-order valence-corrected chi connectivity index (χ1v) is 5.01. The third-order valence-corrected chi connectivity index (χ3v) is 2.94. The minimum atomic E-state index is -0.349. The largest absolute Gasteiger partial charge is 0.376 e. The predicted octanol–water partition coefficient (Wildman–Crippen LogP) is 2.81. The van der Waals surface area contributed by atoms with Crippen LogP contribution in [0.4, 0.5) is 11.4 Å². The normalized spacial score (nSPS) is 22.1. The Kier molecular flexibility index (Phi) is 2.14. The fraction of sp³-hybridized carbons (Fsp3) is 0.455. The lowest BCUT2D eigenvalue weighted by Crippen LogP contribution is -2.09. The van der Waals surface area contributed by atoms with Gasteiger partial charge in [-0.1, -0.05) is 26.0 Å². The van der Waals surface area contributed by atoms with E-state index in [1.807, 2.05) is 6.07 Å². The fourth-order valence-corrected chi connectivity index (χ4v) is 1.66. The topological polar surface area (TPSA) is 55.2 Å². The van der Waals surface area contributed by atoms with Gasteiger partial charge in [0.1, 0.15) is 5.69 Å². The molecule has 4 nitrogen and oxygen atoms in total. The summed E-state index contributed by atoms with van der Waals surface area (Å²) in [6, 6.07) is 7.13. The minimum absolute atomic E-state index is 0.153. The van der Waals surface area contributed by atoms with Crippen LogP contribution in [0.2, 0.25) is 0 Å². The number of anilines is 1. The zero-order valence-corrected chi connectivity index (χ0v) is 8.86. The van der Waals surface area contributed by atoms with Crippen LogP contribution in [0, 0.1) is 15.5 Å². The maximum atomic E-state index is 10.8. The summed E-state index contributed by atoms with van der Waals surface area (Å²) in [5, 5.41) is 14.0. The van der Waals surface area contributed by atoms with Crippen LogP contribution in [0.5, 0.6) is 0 Å². The first-order chi connectivity index (χ1) is 7.00. The molecular weight excluding hydrogens is 192 g/mol. The average Bonchev–Trinajstić information content (AvgIpc) is 2.74. The highest BCUT2D eigenvalue weighted by Crippen LogP contribution is 2.47. The van der Waals surface area contributed by atoms with Gasteiger partial charge in [-0.25, -0.2) is 0 Å². The number of hydrogen-bond acceptors (Lipinski definition) is 3. The molecule has 0 spiro atoms. The van der Waals surface area contributed by atoms with Gasteiger partial charge in [0, 0.05) is 12.1 Å². The van der Waals surface area contributed by atoms with E-state index in [0.29, 0.717) is 11.7 Å². The van der Waals surface area contributed by atoms with Gasteiger partial charge < -0.3 is 5.32 Å². The Balaban J connectivity index is 2.18. The molecule has 1 fully saturated rings. The first kappa shape index (κ1) is 9.96. The first-order valence-electron chi connectivity index (χ1n) is 5.01. The Labute approximate surface area is 88.5 Å². The highest BCUT2D eigenvalue weighted by atomic mass is 16.6. The van der Waals surface area contributed by atoms with E-state index in [1.165, 1.54) is 6.07 Å². The van der Waals surface area contributed by atoms with Crippen LogP contribution >= 0.6 is 0 Å². The summed E-state index contributed by atoms with van der Waals surface area (Å²) >= 11 is 0. The number of rotatable bonds is 3. The molecule has 1 aromatic carbocycles. The van der Waals surface area contributed by atoms with Gasteiger partial charge >= 0.3 is 0 Å². The second-order valence-corrected chi connectivity index (χ2v) is 4.66. The molecule has 15 heavy (non-hydrogen) atoms. The standard InChI is InChI=1S/C11H14N2O2/c1-11(2)7-10(11)12-8-5-3-4-6-9(8)13(14)15/h3-6,10,12H,7H2,1-2H3. The van der Waals surface area contributed by atoms with Crippen molar-refractivity contribution in [2.75, 3.05) is 5.32 Å². The number of nitrogens with one attached hydrogen (secondary N) is 1. The van der Waals surface area contributed by atoms with Crippen molar-refractivity contribution in [3.63, 3.8) is 0 Å². The fourth-order valence-electron chi connectivity index (χ4n) is 1.66. The quantitative estimate of drug-likeness (QED) is 0.611. The number of hydrogen-bond donors (Lipinski definition) is 1. The molecule has 1 aliphatic carbocycles. The molecule has 0 bridgehead atoms. The van der Waals surface area contributed by atoms with E-state index in [9.17, 15) is 10.1 Å². The smallest absolute Gasteiger partial charge is 0.292 e. The van der Waals surface area contributed by atoms with Gasteiger partial charge in [0.2, 0.25) is 0 Å². The molecule has 0 amide bonds. The maximum Gasteiger partial charge on any atom is 0.292 e. The molecule has 1 atom stereocenters. The molecule has 1 saturated carbocycles. The van der Waals surface area contributed by atoms with Crippen molar-refractivity contribution < 1.29 is 4.92 Å². The summed E-state index contributed by atoms with van der Waals surface area (Å²) in [4.78, 5) is 10.4. The molecule has 4 heteroatoms. The molecule has 0 heterocycles. The van der Waals surface area contributed by atoms with E-state index < -0.39 is 0 Å². The van der Waals surface area contributed by atoms with E-state index in [1.54, 1.807) is 12.1 Å². The van der Waals surface area contributed by atoms with E-state index >= 15 is 0 Å². The highest BCUT2D eigenvalue weighted by Gasteiger charge is 2.46. The molecular formula is C11H14N2O2. The predicted molar refractivity (Wildman–Crippen MR) is 58.9 cm³/mol. The van der Waals surface area contributed by atoms with Crippen molar-refractivity contribution in [3.8, 4) is 0 Å². The molecule has 80 valence electrons. The van der Waals surface area contributed by atoms with Crippen molar-refractivity contribution in [2.24, 2.45) is 5.41 Å². The van der Waals surface area contributed by atoms with Gasteiger partial charge in [-0.3, -0.25) is 10.1 Å². The monoisotopic (exact) mass is 206 g/mol. The summed E-state index contributed by atoms with van der Waals surface area (Å²) in [7, 11) is 0. The van der Waals surface area contributed by atoms with Crippen LogP contribution in [0.3, 0.4) is 0 Å². The van der Waals surface area contributed by atoms with Crippen molar-refractivity contribution in [3.05, 3.63) is 34.4 Å². The summed E-state index contributed by atoms with van der Waals surface area (Å²) in [5.41, 5.74) is 1.04. The molecule has 2 rings (SSSR count). The van der Waals surface area contributed by atoms with Crippen LogP contribution in [-0.2, 0) is 0 Å². The highest BCUT2D eigenvalue weighted by molar-refractivity contribution is 5.62. The van der Waals surface area contributed by atoms with E-state index in [2.05, 4.69) is 19.2 Å². The molecule has 0 aromatic heterocycles. The Bertz CT molecular complexity index is 401. The lowest BCUT2D eigenvalue weighted by molar-refractivity contribution is -0.384. The summed E-state index contributed by atoms with van der Waals surface area (Å²) < 4.78 is 0. The zero-order valence-electron chi connectivity index (χ0n) is 8.86. The van der Waals surface area contributed by atoms with Gasteiger partial charge in [-0.2, -0.15) is 0 Å². The number of nitro groups is 1. The molecule has 1 N–H and O–H groups in total. The third kappa shape index (κ3) is 1.93. The van der Waals surface area contributed by atoms with Crippen LogP contribution < -0.4 is 5.32 Å². The van der Waals surface area contributed by atoms with Gasteiger partial charge in [0.25, 0.3) is 5.69 Å². The minimum Gasteiger partial charge on any atom is -0.376 e. The van der Waals surface area contributed by atoms with Crippen molar-refractivity contribution >= 4 is 11.4 Å². The molecule has 1 unspecified atom stereocenters. The average molecular weight is 206 g/mol. The van der Waals surface area contributed by atoms with Gasteiger partial charge in [0.05, 0.1) is 4.92 Å². The zero-order chi connectivity index (χ0) is 11.1. The summed E-state index contributed by atoms with van der Waals surface area (Å²) in [5.74, 6) is 0. The van der Waals surface area contributed by atoms with E-state index in [4.69, 9.17) is 0 Å². The Hall–Kier alpha value is -1.58. The van der Waals surface area contributed by atoms with Crippen LogP contribution in [-0.4, -0.2) is 11.0 Å². The number of para-hydroxylation sites is 2. The second kappa shape index (κ2) is 3.22. The third-order valence-electron chi connectivity index (χ3n) is 2.94. The molecule has 0 radical (unpaired) electrons. The Morgan fingerprint density at radius 1 is 1.47 bits per heavy atom. The van der Waals surface area contributed by atoms with Gasteiger partial charge in [-0.15, -0.1) is 0 Å². The summed E-state index contributed by atoms with van der Waals surface area (Å²) in [6.45, 7) is 4.30. The van der Waals surface area contributed by atoms with Crippen molar-refractivity contribution in [1.82, 2.24) is 0 Å². The van der Waals surface area contributed by atoms with Gasteiger partial charge in [-0.05, 0) is 17.9 Å². The number of nitro benzene ring substituents is 1. The number of nitrogens with zero attached hydrogens (tertiary/aromatic N) is 1. The molecule has 1 aliphatic rings. The molecule has 0 saturated heterocycles. The van der Waals surface area contributed by atoms with Crippen LogP contribution in [0.15, 0.2) is 24.3 Å². The number of benzene rings is 1. The van der Waals surface area contributed by atoms with E-state index in [-0.39, 0.29) is 16.0 Å². The summed E-state index contributed by atoms with van der Waals surface area (Å²) in [6.07, 6.45) is 1.07. The second-order valence-electron chi connectivity index (χ2n) is 4.66. The molecule has 0 aliphatic heterocycles. The Morgan fingerprint density at radius 2 is 2.07 bits per heavy atom. The molecule has 1 aromatic rings. The SMILES string of the molecule is CC1(C)CC1Nc1ccccc1[N+](=O)[O-]. The van der Waals surface area contributed by atoms with E-state index in [0.717, 1.165) is 6.42 Å². The maximum absolute atomic E-state index is 10.8. The van der Waals surface area contributed by atoms with Gasteiger partial charge in [0.15, 0.2) is 0 Å². The lowest BCUT2D eigenvalue weighted by atomic mass is 10.2. The lowest BCUT2D eigenvalue weighted by Gasteiger charge is -2.08. The Morgan fingerprint density at radius 3 is 2.60 bits per heavy atom. The van der Waals surface area contributed by atoms with Crippen LogP contribution in [0.25, 0.3) is 0 Å². The van der Waals surface area contributed by atoms with Crippen molar-refractivity contribution in [2.45, 2.75) is 26.3 Å². The van der Waals surface area contributed by atoms with Crippen molar-refractivity contribution in [1.29, 1.82) is 0 Å². The van der Waals surface area contributed by atoms with Crippen LogP contribution in [0.1, 0.15) is 20.3 Å².